The zero-order valence-corrected chi connectivity index (χ0v) is 17.2. The Morgan fingerprint density at radius 3 is 2.67 bits per heavy atom. The molecule has 0 spiro atoms. The molecule has 5 rings (SSSR count). The molecule has 0 amide bonds. The van der Waals surface area contributed by atoms with E-state index in [1.807, 2.05) is 54.6 Å². The van der Waals surface area contributed by atoms with Gasteiger partial charge in [-0.15, -0.1) is 10.2 Å². The highest BCUT2D eigenvalue weighted by Crippen LogP contribution is 2.29. The first-order valence-corrected chi connectivity index (χ1v) is 10.1. The van der Waals surface area contributed by atoms with E-state index in [4.69, 9.17) is 21.3 Å². The number of aliphatic imine (C=N–C) groups is 1. The van der Waals surface area contributed by atoms with Gasteiger partial charge in [0.15, 0.2) is 5.82 Å². The zero-order valence-electron chi connectivity index (χ0n) is 16.4. The number of benzene rings is 3. The Bertz CT molecular complexity index is 1250. The monoisotopic (exact) mass is 414 g/mol. The van der Waals surface area contributed by atoms with Crippen molar-refractivity contribution in [3.05, 3.63) is 106 Å². The topological polar surface area (TPSA) is 52.3 Å². The van der Waals surface area contributed by atoms with E-state index < -0.39 is 0 Å². The van der Waals surface area contributed by atoms with Crippen LogP contribution in [0.5, 0.6) is 5.75 Å². The summed E-state index contributed by atoms with van der Waals surface area (Å²) in [6.45, 7) is 0.446. The molecule has 6 heteroatoms. The van der Waals surface area contributed by atoms with E-state index in [-0.39, 0.29) is 0 Å². The van der Waals surface area contributed by atoms with Gasteiger partial charge in [0.25, 0.3) is 0 Å². The highest BCUT2D eigenvalue weighted by molar-refractivity contribution is 6.31. The normalized spacial score (nSPS) is 12.5. The van der Waals surface area contributed by atoms with Gasteiger partial charge in [0.1, 0.15) is 18.1 Å². The predicted octanol–water partition coefficient (Wildman–Crippen LogP) is 4.87. The van der Waals surface area contributed by atoms with E-state index in [1.54, 1.807) is 7.11 Å². The largest absolute Gasteiger partial charge is 0.497 e. The van der Waals surface area contributed by atoms with Crippen LogP contribution in [0.25, 0.3) is 5.69 Å². The Hall–Kier alpha value is -3.44. The first-order chi connectivity index (χ1) is 14.7. The SMILES string of the molecule is COc1cccc(Cc2nnc3n2-c2ccc(Cl)cc2C(c2ccccc2)=NC3)c1. The van der Waals surface area contributed by atoms with Crippen LogP contribution in [0.1, 0.15) is 28.3 Å². The Balaban J connectivity index is 1.63. The van der Waals surface area contributed by atoms with E-state index in [2.05, 4.69) is 33.0 Å². The minimum Gasteiger partial charge on any atom is -0.497 e. The van der Waals surface area contributed by atoms with Crippen molar-refractivity contribution >= 4 is 17.3 Å². The Labute approximate surface area is 179 Å². The lowest BCUT2D eigenvalue weighted by molar-refractivity contribution is 0.414. The summed E-state index contributed by atoms with van der Waals surface area (Å²) in [6, 6.07) is 24.0. The van der Waals surface area contributed by atoms with Gasteiger partial charge in [-0.3, -0.25) is 9.56 Å². The van der Waals surface area contributed by atoms with Crippen molar-refractivity contribution in [2.45, 2.75) is 13.0 Å². The van der Waals surface area contributed by atoms with Crippen molar-refractivity contribution in [3.63, 3.8) is 0 Å². The first kappa shape index (κ1) is 18.6. The number of fused-ring (bicyclic) bond motifs is 3. The van der Waals surface area contributed by atoms with Crippen molar-refractivity contribution in [1.82, 2.24) is 14.8 Å². The fourth-order valence-electron chi connectivity index (χ4n) is 3.78. The van der Waals surface area contributed by atoms with Crippen molar-refractivity contribution in [3.8, 4) is 11.4 Å². The van der Waals surface area contributed by atoms with E-state index in [1.165, 1.54) is 0 Å². The third kappa shape index (κ3) is 3.37. The van der Waals surface area contributed by atoms with Crippen molar-refractivity contribution in [2.75, 3.05) is 7.11 Å². The van der Waals surface area contributed by atoms with Crippen LogP contribution in [0.3, 0.4) is 0 Å². The summed E-state index contributed by atoms with van der Waals surface area (Å²) in [7, 11) is 1.67. The van der Waals surface area contributed by atoms with Crippen molar-refractivity contribution in [2.24, 2.45) is 4.99 Å². The summed E-state index contributed by atoms with van der Waals surface area (Å²) in [4.78, 5) is 4.88. The lowest BCUT2D eigenvalue weighted by Crippen LogP contribution is -2.10. The Morgan fingerprint density at radius 1 is 0.967 bits per heavy atom. The molecule has 3 aromatic carbocycles. The molecular formula is C24H19ClN4O. The number of hydrogen-bond donors (Lipinski definition) is 0. The average molecular weight is 415 g/mol. The van der Waals surface area contributed by atoms with Crippen LogP contribution in [-0.2, 0) is 13.0 Å². The predicted molar refractivity (Wildman–Crippen MR) is 118 cm³/mol. The number of aromatic nitrogens is 3. The maximum Gasteiger partial charge on any atom is 0.159 e. The molecule has 0 saturated heterocycles. The van der Waals surface area contributed by atoms with Gasteiger partial charge in [0.05, 0.1) is 18.5 Å². The van der Waals surface area contributed by atoms with Gasteiger partial charge in [-0.2, -0.15) is 0 Å². The van der Waals surface area contributed by atoms with Crippen LogP contribution >= 0.6 is 11.6 Å². The summed E-state index contributed by atoms with van der Waals surface area (Å²) < 4.78 is 7.47. The standard InChI is InChI=1S/C24H19ClN4O/c1-30-19-9-5-6-16(12-19)13-22-27-28-23-15-26-24(17-7-3-2-4-8-17)20-14-18(25)10-11-21(20)29(22)23/h2-12,14H,13,15H2,1H3. The molecule has 1 aromatic heterocycles. The number of hydrogen-bond acceptors (Lipinski definition) is 4. The number of methoxy groups -OCH3 is 1. The minimum atomic E-state index is 0.446. The second kappa shape index (κ2) is 7.76. The van der Waals surface area contributed by atoms with Crippen LogP contribution in [-0.4, -0.2) is 27.6 Å². The molecule has 0 saturated carbocycles. The number of nitrogens with zero attached hydrogens (tertiary/aromatic N) is 4. The Kier molecular flexibility index (Phi) is 4.81. The average Bonchev–Trinajstić information content (AvgIpc) is 3.09. The van der Waals surface area contributed by atoms with Crippen LogP contribution in [0.2, 0.25) is 5.02 Å². The zero-order chi connectivity index (χ0) is 20.5. The highest BCUT2D eigenvalue weighted by atomic mass is 35.5. The lowest BCUT2D eigenvalue weighted by atomic mass is 10.0. The molecule has 2 heterocycles. The molecule has 1 aliphatic rings. The van der Waals surface area contributed by atoms with Crippen molar-refractivity contribution < 1.29 is 4.74 Å². The fourth-order valence-corrected chi connectivity index (χ4v) is 3.96. The third-order valence-corrected chi connectivity index (χ3v) is 5.41. The molecule has 4 aromatic rings. The van der Waals surface area contributed by atoms with Crippen LogP contribution in [0.15, 0.2) is 77.8 Å². The molecular weight excluding hydrogens is 396 g/mol. The van der Waals surface area contributed by atoms with Crippen molar-refractivity contribution in [1.29, 1.82) is 0 Å². The molecule has 0 radical (unpaired) electrons. The van der Waals surface area contributed by atoms with Gasteiger partial charge < -0.3 is 4.74 Å². The summed E-state index contributed by atoms with van der Waals surface area (Å²) in [5.41, 5.74) is 5.02. The second-order valence-corrected chi connectivity index (χ2v) is 7.52. The summed E-state index contributed by atoms with van der Waals surface area (Å²) >= 11 is 6.38. The number of ether oxygens (including phenoxy) is 1. The smallest absolute Gasteiger partial charge is 0.159 e. The van der Waals surface area contributed by atoms with Crippen LogP contribution in [0, 0.1) is 0 Å². The Morgan fingerprint density at radius 2 is 1.83 bits per heavy atom. The minimum absolute atomic E-state index is 0.446. The highest BCUT2D eigenvalue weighted by Gasteiger charge is 2.23. The molecule has 0 aliphatic carbocycles. The van der Waals surface area contributed by atoms with E-state index >= 15 is 0 Å². The molecule has 1 aliphatic heterocycles. The van der Waals surface area contributed by atoms with E-state index in [9.17, 15) is 0 Å². The van der Waals surface area contributed by atoms with Gasteiger partial charge >= 0.3 is 0 Å². The third-order valence-electron chi connectivity index (χ3n) is 5.17. The molecule has 0 unspecified atom stereocenters. The molecule has 30 heavy (non-hydrogen) atoms. The molecule has 5 nitrogen and oxygen atoms in total. The van der Waals surface area contributed by atoms with Crippen LogP contribution < -0.4 is 4.74 Å². The number of rotatable bonds is 4. The quantitative estimate of drug-likeness (QED) is 0.478. The van der Waals surface area contributed by atoms with Gasteiger partial charge in [-0.05, 0) is 35.9 Å². The molecule has 0 bridgehead atoms. The second-order valence-electron chi connectivity index (χ2n) is 7.09. The molecule has 0 N–H and O–H groups in total. The maximum absolute atomic E-state index is 6.38. The van der Waals surface area contributed by atoms with Gasteiger partial charge in [-0.1, -0.05) is 54.1 Å². The van der Waals surface area contributed by atoms with Gasteiger partial charge in [-0.25, -0.2) is 0 Å². The first-order valence-electron chi connectivity index (χ1n) is 9.69. The summed E-state index contributed by atoms with van der Waals surface area (Å²) in [5, 5.41) is 9.60. The number of halogens is 1. The van der Waals surface area contributed by atoms with Gasteiger partial charge in [0.2, 0.25) is 0 Å². The summed E-state index contributed by atoms with van der Waals surface area (Å²) in [5.74, 6) is 2.48. The summed E-state index contributed by atoms with van der Waals surface area (Å²) in [6.07, 6.45) is 0.632. The molecule has 148 valence electrons. The van der Waals surface area contributed by atoms with E-state index in [0.29, 0.717) is 18.0 Å². The van der Waals surface area contributed by atoms with Gasteiger partial charge in [0, 0.05) is 22.6 Å². The lowest BCUT2D eigenvalue weighted by Gasteiger charge is -2.14. The van der Waals surface area contributed by atoms with Crippen LogP contribution in [0.4, 0.5) is 0 Å². The fraction of sp³-hybridized carbons (Fsp3) is 0.125. The molecule has 0 atom stereocenters. The maximum atomic E-state index is 6.38. The van der Waals surface area contributed by atoms with E-state index in [0.717, 1.165) is 45.5 Å². The molecule has 0 fully saturated rings.